The minimum Gasteiger partial charge on any atom is -0.350 e. The fraction of sp³-hybridized carbons (Fsp3) is 0.304. The quantitative estimate of drug-likeness (QED) is 0.572. The summed E-state index contributed by atoms with van der Waals surface area (Å²) in [5.74, 6) is 0.840. The van der Waals surface area contributed by atoms with Gasteiger partial charge in [-0.3, -0.25) is 9.48 Å². The molecule has 3 aromatic rings. The third kappa shape index (κ3) is 3.74. The number of anilines is 3. The SMILES string of the molecule is Cc1nc(NCc2cnn([C@@](C)(C3=CS3)c3ccc(F)cc3)c2)nc2c1NC(=O)[C@H](C)N2C. The van der Waals surface area contributed by atoms with Crippen molar-refractivity contribution >= 4 is 35.1 Å². The summed E-state index contributed by atoms with van der Waals surface area (Å²) in [6, 6.07) is 6.24. The number of halogens is 1. The molecule has 5 rings (SSSR count). The van der Waals surface area contributed by atoms with Gasteiger partial charge in [-0.25, -0.2) is 9.37 Å². The number of aryl methyl sites for hydroxylation is 1. The van der Waals surface area contributed by atoms with Crippen molar-refractivity contribution in [2.24, 2.45) is 0 Å². The number of amides is 1. The number of carbonyl (C=O) groups excluding carboxylic acids is 1. The minimum absolute atomic E-state index is 0.0713. The summed E-state index contributed by atoms with van der Waals surface area (Å²) in [4.78, 5) is 24.3. The maximum absolute atomic E-state index is 13.5. The Morgan fingerprint density at radius 1 is 1.27 bits per heavy atom. The first-order valence-corrected chi connectivity index (χ1v) is 11.5. The lowest BCUT2D eigenvalue weighted by Gasteiger charge is -2.32. The molecule has 1 aromatic carbocycles. The van der Waals surface area contributed by atoms with Gasteiger partial charge < -0.3 is 15.5 Å². The Kier molecular flexibility index (Phi) is 5.12. The molecular weight excluding hydrogens is 441 g/mol. The van der Waals surface area contributed by atoms with E-state index in [1.807, 2.05) is 42.9 Å². The number of hydrogen-bond donors (Lipinski definition) is 2. The number of nitrogens with zero attached hydrogens (tertiary/aromatic N) is 5. The van der Waals surface area contributed by atoms with Crippen molar-refractivity contribution in [2.75, 3.05) is 22.6 Å². The van der Waals surface area contributed by atoms with Gasteiger partial charge in [-0.05, 0) is 43.9 Å². The Balaban J connectivity index is 1.37. The lowest BCUT2D eigenvalue weighted by Crippen LogP contribution is -2.44. The normalized spacial score (nSPS) is 18.8. The number of benzene rings is 1. The van der Waals surface area contributed by atoms with Crippen LogP contribution >= 0.6 is 11.8 Å². The minimum atomic E-state index is -0.493. The molecule has 2 aliphatic rings. The molecule has 4 heterocycles. The summed E-state index contributed by atoms with van der Waals surface area (Å²) in [6.07, 6.45) is 3.79. The molecule has 170 valence electrons. The van der Waals surface area contributed by atoms with Crippen LogP contribution in [0.2, 0.25) is 0 Å². The first kappa shape index (κ1) is 21.4. The third-order valence-corrected chi connectivity index (χ3v) is 7.15. The predicted octanol–water partition coefficient (Wildman–Crippen LogP) is 3.86. The first-order valence-electron chi connectivity index (χ1n) is 10.6. The number of nitrogens with one attached hydrogen (secondary N) is 2. The first-order chi connectivity index (χ1) is 15.8. The Morgan fingerprint density at radius 2 is 2.00 bits per heavy atom. The maximum atomic E-state index is 13.5. The lowest BCUT2D eigenvalue weighted by atomic mass is 9.92. The zero-order chi connectivity index (χ0) is 23.3. The Bertz CT molecular complexity index is 1270. The molecule has 0 aliphatic carbocycles. The van der Waals surface area contributed by atoms with Crippen LogP contribution in [0.15, 0.2) is 47.0 Å². The molecule has 33 heavy (non-hydrogen) atoms. The number of aromatic nitrogens is 4. The molecule has 8 nitrogen and oxygen atoms in total. The van der Waals surface area contributed by atoms with E-state index >= 15 is 0 Å². The molecule has 2 atom stereocenters. The highest BCUT2D eigenvalue weighted by Crippen LogP contribution is 2.50. The highest BCUT2D eigenvalue weighted by atomic mass is 32.2. The molecule has 10 heteroatoms. The molecule has 0 unspecified atom stereocenters. The van der Waals surface area contributed by atoms with Crippen LogP contribution in [0.3, 0.4) is 0 Å². The number of rotatable bonds is 6. The molecule has 0 spiro atoms. The predicted molar refractivity (Wildman–Crippen MR) is 128 cm³/mol. The molecule has 0 saturated carbocycles. The largest absolute Gasteiger partial charge is 0.350 e. The number of likely N-dealkylation sites (N-methyl/N-ethyl adjacent to an activating group) is 1. The standard InChI is InChI=1S/C23H24FN7OS/c1-13-19-20(30(4)14(2)21(32)28-19)29-22(27-13)25-9-15-10-26-31(11-15)23(3,18-12-33-18)16-5-7-17(24)8-6-16/h5-8,10-12,14H,9H2,1-4H3,(H,28,32)(H,25,27,29)/t14-,23+/m0/s1. The number of allylic oxidation sites excluding steroid dienone is 1. The number of hydrogen-bond acceptors (Lipinski definition) is 7. The van der Waals surface area contributed by atoms with Gasteiger partial charge in [0, 0.05) is 30.3 Å². The second kappa shape index (κ2) is 7.87. The van der Waals surface area contributed by atoms with Crippen molar-refractivity contribution in [3.8, 4) is 0 Å². The van der Waals surface area contributed by atoms with E-state index in [-0.39, 0.29) is 17.8 Å². The van der Waals surface area contributed by atoms with Crippen molar-refractivity contribution in [3.63, 3.8) is 0 Å². The Hall–Kier alpha value is -3.40. The molecule has 0 bridgehead atoms. The molecule has 0 saturated heterocycles. The zero-order valence-corrected chi connectivity index (χ0v) is 19.6. The number of carbonyl (C=O) groups is 1. The van der Waals surface area contributed by atoms with E-state index in [0.29, 0.717) is 29.7 Å². The van der Waals surface area contributed by atoms with Gasteiger partial charge in [0.05, 0.1) is 11.9 Å². The summed E-state index contributed by atoms with van der Waals surface area (Å²) in [5.41, 5.74) is 2.78. The van der Waals surface area contributed by atoms with Crippen LogP contribution in [-0.2, 0) is 16.9 Å². The topological polar surface area (TPSA) is 88.0 Å². The number of thioether (sulfide) groups is 1. The second-order valence-electron chi connectivity index (χ2n) is 8.43. The van der Waals surface area contributed by atoms with Crippen molar-refractivity contribution < 1.29 is 9.18 Å². The van der Waals surface area contributed by atoms with E-state index < -0.39 is 5.54 Å². The van der Waals surface area contributed by atoms with E-state index in [4.69, 9.17) is 0 Å². The van der Waals surface area contributed by atoms with Crippen LogP contribution < -0.4 is 15.5 Å². The highest BCUT2D eigenvalue weighted by Gasteiger charge is 2.39. The van der Waals surface area contributed by atoms with Crippen LogP contribution in [0.5, 0.6) is 0 Å². The second-order valence-corrected chi connectivity index (χ2v) is 9.34. The van der Waals surface area contributed by atoms with E-state index in [1.54, 1.807) is 23.9 Å². The summed E-state index contributed by atoms with van der Waals surface area (Å²) in [5, 5.41) is 12.9. The van der Waals surface area contributed by atoms with Crippen molar-refractivity contribution in [3.05, 3.63) is 69.6 Å². The van der Waals surface area contributed by atoms with Gasteiger partial charge in [0.2, 0.25) is 11.9 Å². The molecule has 0 fully saturated rings. The average Bonchev–Trinajstić information content (AvgIpc) is 3.55. The van der Waals surface area contributed by atoms with E-state index in [1.165, 1.54) is 17.0 Å². The van der Waals surface area contributed by atoms with Crippen molar-refractivity contribution in [2.45, 2.75) is 38.9 Å². The summed E-state index contributed by atoms with van der Waals surface area (Å²) in [6.45, 7) is 6.25. The molecule has 2 N–H and O–H groups in total. The lowest BCUT2D eigenvalue weighted by molar-refractivity contribution is -0.117. The molecular formula is C23H24FN7OS. The fourth-order valence-corrected chi connectivity index (χ4v) is 4.65. The third-order valence-electron chi connectivity index (χ3n) is 6.28. The van der Waals surface area contributed by atoms with Gasteiger partial charge in [0.15, 0.2) is 5.82 Å². The molecule has 2 aromatic heterocycles. The van der Waals surface area contributed by atoms with Crippen molar-refractivity contribution in [1.29, 1.82) is 0 Å². The van der Waals surface area contributed by atoms with E-state index in [2.05, 4.69) is 38.0 Å². The fourth-order valence-electron chi connectivity index (χ4n) is 3.92. The van der Waals surface area contributed by atoms with Crippen LogP contribution in [0.1, 0.15) is 30.7 Å². The summed E-state index contributed by atoms with van der Waals surface area (Å²) >= 11 is 1.67. The number of fused-ring (bicyclic) bond motifs is 1. The maximum Gasteiger partial charge on any atom is 0.246 e. The van der Waals surface area contributed by atoms with Crippen LogP contribution in [0.4, 0.5) is 21.8 Å². The Labute approximate surface area is 195 Å². The van der Waals surface area contributed by atoms with Gasteiger partial charge in [-0.1, -0.05) is 23.9 Å². The van der Waals surface area contributed by atoms with Gasteiger partial charge in [0.1, 0.15) is 23.1 Å². The molecule has 1 amide bonds. The Morgan fingerprint density at radius 3 is 2.70 bits per heavy atom. The van der Waals surface area contributed by atoms with Crippen LogP contribution in [0.25, 0.3) is 0 Å². The molecule has 0 radical (unpaired) electrons. The monoisotopic (exact) mass is 465 g/mol. The average molecular weight is 466 g/mol. The van der Waals surface area contributed by atoms with Crippen LogP contribution in [-0.4, -0.2) is 38.7 Å². The summed E-state index contributed by atoms with van der Waals surface area (Å²) < 4.78 is 15.4. The van der Waals surface area contributed by atoms with Gasteiger partial charge >= 0.3 is 0 Å². The van der Waals surface area contributed by atoms with Crippen molar-refractivity contribution in [1.82, 2.24) is 19.7 Å². The van der Waals surface area contributed by atoms with Gasteiger partial charge in [0.25, 0.3) is 0 Å². The van der Waals surface area contributed by atoms with Gasteiger partial charge in [-0.15, -0.1) is 0 Å². The van der Waals surface area contributed by atoms with Crippen LogP contribution in [0, 0.1) is 12.7 Å². The zero-order valence-electron chi connectivity index (χ0n) is 18.8. The smallest absolute Gasteiger partial charge is 0.246 e. The summed E-state index contributed by atoms with van der Waals surface area (Å²) in [7, 11) is 1.85. The highest BCUT2D eigenvalue weighted by molar-refractivity contribution is 8.12. The van der Waals surface area contributed by atoms with Gasteiger partial charge in [-0.2, -0.15) is 10.1 Å². The van der Waals surface area contributed by atoms with E-state index in [9.17, 15) is 9.18 Å². The van der Waals surface area contributed by atoms with E-state index in [0.717, 1.165) is 11.1 Å². The molecule has 2 aliphatic heterocycles.